The quantitative estimate of drug-likeness (QED) is 0.831. The third kappa shape index (κ3) is 3.28. The van der Waals surface area contributed by atoms with Gasteiger partial charge in [0.05, 0.1) is 31.6 Å². The van der Waals surface area contributed by atoms with Gasteiger partial charge in [0.1, 0.15) is 17.7 Å². The van der Waals surface area contributed by atoms with Crippen molar-refractivity contribution in [2.45, 2.75) is 37.4 Å². The van der Waals surface area contributed by atoms with E-state index >= 15 is 0 Å². The van der Waals surface area contributed by atoms with E-state index < -0.39 is 0 Å². The van der Waals surface area contributed by atoms with Gasteiger partial charge in [-0.15, -0.1) is 0 Å². The third-order valence-corrected chi connectivity index (χ3v) is 5.95. The number of nitrogens with zero attached hydrogens (tertiary/aromatic N) is 3. The van der Waals surface area contributed by atoms with E-state index in [1.165, 1.54) is 11.1 Å². The maximum absolute atomic E-state index is 6.37. The van der Waals surface area contributed by atoms with Crippen LogP contribution in [0.3, 0.4) is 0 Å². The molecule has 2 aromatic rings. The largest absolute Gasteiger partial charge is 0.488 e. The van der Waals surface area contributed by atoms with Gasteiger partial charge in [-0.2, -0.15) is 0 Å². The van der Waals surface area contributed by atoms with Gasteiger partial charge in [0, 0.05) is 31.9 Å². The van der Waals surface area contributed by atoms with Crippen LogP contribution in [-0.2, 0) is 21.5 Å². The maximum Gasteiger partial charge on any atom is 0.147 e. The van der Waals surface area contributed by atoms with Gasteiger partial charge in [0.25, 0.3) is 0 Å². The second-order valence-electron chi connectivity index (χ2n) is 7.57. The maximum atomic E-state index is 6.37. The fraction of sp³-hybridized carbons (Fsp3) is 0.524. The summed E-state index contributed by atoms with van der Waals surface area (Å²) in [7, 11) is 0. The molecule has 0 bridgehead atoms. The van der Waals surface area contributed by atoms with Crippen LogP contribution in [-0.4, -0.2) is 49.0 Å². The predicted molar refractivity (Wildman–Crippen MR) is 101 cm³/mol. The van der Waals surface area contributed by atoms with Crippen LogP contribution in [0.4, 0.5) is 5.82 Å². The molecule has 1 unspecified atom stereocenters. The zero-order chi connectivity index (χ0) is 18.1. The SMILES string of the molecule is c1cnc(N2CCC3(CC2)OCCc2cc(OC4CCOC4)ccc23)cn1. The second kappa shape index (κ2) is 7.09. The number of anilines is 1. The number of fused-ring (bicyclic) bond motifs is 2. The Morgan fingerprint density at radius 2 is 2.07 bits per heavy atom. The summed E-state index contributed by atoms with van der Waals surface area (Å²) in [4.78, 5) is 10.9. The van der Waals surface area contributed by atoms with Gasteiger partial charge >= 0.3 is 0 Å². The molecule has 142 valence electrons. The minimum atomic E-state index is -0.179. The molecule has 5 rings (SSSR count). The molecule has 3 aliphatic rings. The van der Waals surface area contributed by atoms with Crippen LogP contribution < -0.4 is 9.64 Å². The van der Waals surface area contributed by atoms with E-state index in [2.05, 4.69) is 33.1 Å². The lowest BCUT2D eigenvalue weighted by Gasteiger charge is -2.45. The number of piperidine rings is 1. The molecule has 0 N–H and O–H groups in total. The number of hydrogen-bond acceptors (Lipinski definition) is 6. The van der Waals surface area contributed by atoms with Crippen molar-refractivity contribution < 1.29 is 14.2 Å². The molecule has 6 nitrogen and oxygen atoms in total. The lowest BCUT2D eigenvalue weighted by atomic mass is 9.79. The van der Waals surface area contributed by atoms with E-state index in [0.717, 1.165) is 63.6 Å². The lowest BCUT2D eigenvalue weighted by Crippen LogP contribution is -2.47. The third-order valence-electron chi connectivity index (χ3n) is 5.95. The molecule has 0 saturated carbocycles. The van der Waals surface area contributed by atoms with Crippen molar-refractivity contribution >= 4 is 5.82 Å². The molecular weight excluding hydrogens is 342 g/mol. The highest BCUT2D eigenvalue weighted by Crippen LogP contribution is 2.43. The van der Waals surface area contributed by atoms with Crippen molar-refractivity contribution in [1.82, 2.24) is 9.97 Å². The van der Waals surface area contributed by atoms with Gasteiger partial charge in [-0.05, 0) is 42.5 Å². The van der Waals surface area contributed by atoms with Crippen molar-refractivity contribution in [2.75, 3.05) is 37.8 Å². The highest BCUT2D eigenvalue weighted by Gasteiger charge is 2.41. The summed E-state index contributed by atoms with van der Waals surface area (Å²) < 4.78 is 17.9. The number of benzene rings is 1. The molecule has 0 amide bonds. The Morgan fingerprint density at radius 3 is 2.85 bits per heavy atom. The number of hydrogen-bond donors (Lipinski definition) is 0. The van der Waals surface area contributed by atoms with Gasteiger partial charge in [0.2, 0.25) is 0 Å². The highest BCUT2D eigenvalue weighted by atomic mass is 16.5. The van der Waals surface area contributed by atoms with Gasteiger partial charge in [-0.1, -0.05) is 6.07 Å². The zero-order valence-corrected chi connectivity index (χ0v) is 15.5. The molecule has 1 atom stereocenters. The number of ether oxygens (including phenoxy) is 3. The van der Waals surface area contributed by atoms with E-state index in [1.807, 2.05) is 6.20 Å². The lowest BCUT2D eigenvalue weighted by molar-refractivity contribution is -0.0767. The fourth-order valence-electron chi connectivity index (χ4n) is 4.49. The molecule has 0 radical (unpaired) electrons. The summed E-state index contributed by atoms with van der Waals surface area (Å²) in [6, 6.07) is 6.53. The molecule has 4 heterocycles. The van der Waals surface area contributed by atoms with Crippen LogP contribution in [0.25, 0.3) is 0 Å². The molecule has 3 aliphatic heterocycles. The van der Waals surface area contributed by atoms with Crippen LogP contribution >= 0.6 is 0 Å². The molecule has 27 heavy (non-hydrogen) atoms. The molecule has 0 aliphatic carbocycles. The number of aromatic nitrogens is 2. The van der Waals surface area contributed by atoms with Gasteiger partial charge in [-0.25, -0.2) is 4.98 Å². The Kier molecular flexibility index (Phi) is 4.45. The summed E-state index contributed by atoms with van der Waals surface area (Å²) in [5, 5.41) is 0. The monoisotopic (exact) mass is 367 g/mol. The average Bonchev–Trinajstić information content (AvgIpc) is 3.22. The fourth-order valence-corrected chi connectivity index (χ4v) is 4.49. The normalized spacial score (nSPS) is 24.0. The first kappa shape index (κ1) is 17.0. The first-order valence-corrected chi connectivity index (χ1v) is 9.85. The Bertz CT molecular complexity index is 785. The summed E-state index contributed by atoms with van der Waals surface area (Å²) >= 11 is 0. The molecule has 1 aromatic carbocycles. The second-order valence-corrected chi connectivity index (χ2v) is 7.57. The molecular formula is C21H25N3O3. The standard InChI is InChI=1S/C21H25N3O3/c1-2-19-16(13-17(1)27-18-4-11-25-15-18)3-12-26-21(19)5-9-24(10-6-21)20-14-22-7-8-23-20/h1-2,7-8,13-14,18H,3-6,9-12,15H2. The first-order valence-electron chi connectivity index (χ1n) is 9.85. The first-order chi connectivity index (χ1) is 13.3. The summed E-state index contributed by atoms with van der Waals surface area (Å²) in [5.41, 5.74) is 2.52. The van der Waals surface area contributed by atoms with Crippen molar-refractivity contribution in [3.8, 4) is 5.75 Å². The van der Waals surface area contributed by atoms with Crippen LogP contribution in [0.1, 0.15) is 30.4 Å². The van der Waals surface area contributed by atoms with E-state index in [4.69, 9.17) is 14.2 Å². The zero-order valence-electron chi connectivity index (χ0n) is 15.5. The van der Waals surface area contributed by atoms with E-state index in [-0.39, 0.29) is 11.7 Å². The minimum absolute atomic E-state index is 0.179. The molecule has 6 heteroatoms. The topological polar surface area (TPSA) is 56.7 Å². The predicted octanol–water partition coefficient (Wildman–Crippen LogP) is 2.71. The Morgan fingerprint density at radius 1 is 1.15 bits per heavy atom. The van der Waals surface area contributed by atoms with Crippen LogP contribution in [0.15, 0.2) is 36.8 Å². The van der Waals surface area contributed by atoms with Crippen LogP contribution in [0, 0.1) is 0 Å². The highest BCUT2D eigenvalue weighted by molar-refractivity contribution is 5.43. The van der Waals surface area contributed by atoms with Crippen molar-refractivity contribution in [3.05, 3.63) is 47.9 Å². The summed E-state index contributed by atoms with van der Waals surface area (Å²) in [5.74, 6) is 1.91. The van der Waals surface area contributed by atoms with Crippen molar-refractivity contribution in [2.24, 2.45) is 0 Å². The van der Waals surface area contributed by atoms with E-state index in [9.17, 15) is 0 Å². The van der Waals surface area contributed by atoms with E-state index in [1.54, 1.807) is 12.4 Å². The van der Waals surface area contributed by atoms with E-state index in [0.29, 0.717) is 6.61 Å². The van der Waals surface area contributed by atoms with Crippen LogP contribution in [0.2, 0.25) is 0 Å². The van der Waals surface area contributed by atoms with Crippen molar-refractivity contribution in [3.63, 3.8) is 0 Å². The molecule has 2 saturated heterocycles. The smallest absolute Gasteiger partial charge is 0.147 e. The molecule has 1 spiro atoms. The Balaban J connectivity index is 1.34. The summed E-state index contributed by atoms with van der Waals surface area (Å²) in [6.45, 7) is 4.12. The van der Waals surface area contributed by atoms with Gasteiger partial charge in [0.15, 0.2) is 0 Å². The summed E-state index contributed by atoms with van der Waals surface area (Å²) in [6.07, 6.45) is 9.35. The number of rotatable bonds is 3. The Labute approximate surface area is 159 Å². The average molecular weight is 367 g/mol. The van der Waals surface area contributed by atoms with Gasteiger partial charge < -0.3 is 19.1 Å². The van der Waals surface area contributed by atoms with Gasteiger partial charge in [-0.3, -0.25) is 4.98 Å². The Hall–Kier alpha value is -2.18. The molecule has 1 aromatic heterocycles. The van der Waals surface area contributed by atoms with Crippen LogP contribution in [0.5, 0.6) is 5.75 Å². The molecule has 2 fully saturated rings. The minimum Gasteiger partial charge on any atom is -0.488 e. The van der Waals surface area contributed by atoms with Crippen molar-refractivity contribution in [1.29, 1.82) is 0 Å².